The number of hydrogen-bond donors (Lipinski definition) is 1. The average Bonchev–Trinajstić information content (AvgIpc) is 2.75. The second kappa shape index (κ2) is 6.41. The lowest BCUT2D eigenvalue weighted by Gasteiger charge is -2.06. The van der Waals surface area contributed by atoms with Crippen molar-refractivity contribution in [2.45, 2.75) is 20.4 Å². The van der Waals surface area contributed by atoms with Crippen LogP contribution in [0.1, 0.15) is 16.0 Å². The van der Waals surface area contributed by atoms with E-state index in [2.05, 4.69) is 5.32 Å². The molecule has 2 aromatic heterocycles. The first-order valence-corrected chi connectivity index (χ1v) is 7.30. The summed E-state index contributed by atoms with van der Waals surface area (Å²) in [5.74, 6) is -0.537. The van der Waals surface area contributed by atoms with Gasteiger partial charge in [0, 0.05) is 17.0 Å². The molecule has 0 aliphatic carbocycles. The zero-order chi connectivity index (χ0) is 17.1. The minimum absolute atomic E-state index is 0.280. The van der Waals surface area contributed by atoms with Gasteiger partial charge in [-0.1, -0.05) is 0 Å². The molecule has 2 rings (SSSR count). The van der Waals surface area contributed by atoms with E-state index >= 15 is 0 Å². The van der Waals surface area contributed by atoms with E-state index in [1.165, 1.54) is 11.3 Å². The largest absolute Gasteiger partial charge is 0.315 e. The van der Waals surface area contributed by atoms with E-state index < -0.39 is 16.4 Å². The van der Waals surface area contributed by atoms with Crippen molar-refractivity contribution in [2.75, 3.05) is 5.32 Å². The summed E-state index contributed by atoms with van der Waals surface area (Å²) in [5.41, 5.74) is 0.371. The third-order valence-corrected chi connectivity index (χ3v) is 4.37. The Morgan fingerprint density at radius 3 is 2.78 bits per heavy atom. The molecule has 0 aliphatic heterocycles. The molecule has 2 heterocycles. The number of anilines is 1. The van der Waals surface area contributed by atoms with Gasteiger partial charge < -0.3 is 5.32 Å². The number of aryl methyl sites for hydroxylation is 1. The molecule has 0 atom stereocenters. The monoisotopic (exact) mass is 332 g/mol. The second-order valence-corrected chi connectivity index (χ2v) is 5.98. The van der Waals surface area contributed by atoms with Gasteiger partial charge >= 0.3 is 0 Å². The van der Waals surface area contributed by atoms with Gasteiger partial charge in [0.05, 0.1) is 16.7 Å². The van der Waals surface area contributed by atoms with Crippen molar-refractivity contribution < 1.29 is 9.72 Å². The summed E-state index contributed by atoms with van der Waals surface area (Å²) in [7, 11) is 0. The summed E-state index contributed by atoms with van der Waals surface area (Å²) in [4.78, 5) is 34.7. The lowest BCUT2D eigenvalue weighted by molar-refractivity contribution is -0.385. The molecule has 0 aliphatic rings. The van der Waals surface area contributed by atoms with Gasteiger partial charge in [-0.3, -0.25) is 24.3 Å². The Balaban J connectivity index is 2.23. The first-order valence-electron chi connectivity index (χ1n) is 6.48. The molecule has 2 aromatic rings. The molecule has 0 bridgehead atoms. The zero-order valence-electron chi connectivity index (χ0n) is 12.3. The van der Waals surface area contributed by atoms with Gasteiger partial charge in [0.2, 0.25) is 5.91 Å². The third-order valence-electron chi connectivity index (χ3n) is 3.24. The minimum atomic E-state index is -0.645. The van der Waals surface area contributed by atoms with Crippen LogP contribution in [0.25, 0.3) is 0 Å². The molecule has 0 unspecified atom stereocenters. The van der Waals surface area contributed by atoms with Crippen molar-refractivity contribution in [3.8, 4) is 6.07 Å². The molecular weight excluding hydrogens is 320 g/mol. The van der Waals surface area contributed by atoms with Gasteiger partial charge in [-0.25, -0.2) is 0 Å². The fourth-order valence-electron chi connectivity index (χ4n) is 1.92. The van der Waals surface area contributed by atoms with Crippen molar-refractivity contribution in [3.63, 3.8) is 0 Å². The first kappa shape index (κ1) is 16.4. The van der Waals surface area contributed by atoms with Gasteiger partial charge in [-0.15, -0.1) is 11.3 Å². The van der Waals surface area contributed by atoms with Crippen molar-refractivity contribution in [3.05, 3.63) is 54.8 Å². The highest BCUT2D eigenvalue weighted by molar-refractivity contribution is 7.16. The number of pyridine rings is 1. The summed E-state index contributed by atoms with van der Waals surface area (Å²) in [5, 5.41) is 22.8. The van der Waals surface area contributed by atoms with E-state index in [0.29, 0.717) is 10.6 Å². The summed E-state index contributed by atoms with van der Waals surface area (Å²) >= 11 is 1.27. The van der Waals surface area contributed by atoms with Crippen molar-refractivity contribution in [1.29, 1.82) is 5.26 Å². The van der Waals surface area contributed by atoms with Crippen LogP contribution in [0, 0.1) is 35.3 Å². The zero-order valence-corrected chi connectivity index (χ0v) is 13.1. The lowest BCUT2D eigenvalue weighted by atomic mass is 10.2. The Bertz CT molecular complexity index is 891. The number of thiophene rings is 1. The summed E-state index contributed by atoms with van der Waals surface area (Å²) < 4.78 is 0.951. The number of carbonyl (C=O) groups is 1. The van der Waals surface area contributed by atoms with E-state index in [-0.39, 0.29) is 12.2 Å². The van der Waals surface area contributed by atoms with Crippen LogP contribution in [0.15, 0.2) is 23.1 Å². The lowest BCUT2D eigenvalue weighted by Crippen LogP contribution is -2.26. The number of nitrogens with one attached hydrogen (secondary N) is 1. The Hall–Kier alpha value is -2.99. The van der Waals surface area contributed by atoms with Crippen molar-refractivity contribution >= 4 is 27.9 Å². The quantitative estimate of drug-likeness (QED) is 0.678. The normalized spacial score (nSPS) is 10.1. The Kier molecular flexibility index (Phi) is 4.57. The molecule has 8 nitrogen and oxygen atoms in total. The number of carbonyl (C=O) groups excluding carboxylic acids is 1. The number of nitro groups is 1. The number of aromatic nitrogens is 1. The molecule has 0 saturated heterocycles. The van der Waals surface area contributed by atoms with Crippen LogP contribution in [-0.4, -0.2) is 15.4 Å². The topological polar surface area (TPSA) is 118 Å². The smallest absolute Gasteiger partial charge is 0.285 e. The predicted molar refractivity (Wildman–Crippen MR) is 84.5 cm³/mol. The van der Waals surface area contributed by atoms with Gasteiger partial charge in [0.1, 0.15) is 17.6 Å². The molecule has 0 aromatic carbocycles. The molecule has 0 saturated carbocycles. The van der Waals surface area contributed by atoms with Gasteiger partial charge in [-0.2, -0.15) is 5.26 Å². The number of nitriles is 1. The minimum Gasteiger partial charge on any atom is -0.315 e. The van der Waals surface area contributed by atoms with E-state index in [0.717, 1.165) is 33.3 Å². The van der Waals surface area contributed by atoms with Crippen LogP contribution < -0.4 is 10.9 Å². The van der Waals surface area contributed by atoms with Crippen molar-refractivity contribution in [1.82, 2.24) is 4.57 Å². The van der Waals surface area contributed by atoms with Crippen LogP contribution in [0.3, 0.4) is 0 Å². The van der Waals surface area contributed by atoms with Crippen LogP contribution in [0.5, 0.6) is 0 Å². The first-order chi connectivity index (χ1) is 10.8. The average molecular weight is 332 g/mol. The molecule has 1 N–H and O–H groups in total. The number of rotatable bonds is 4. The fourth-order valence-corrected chi connectivity index (χ4v) is 2.95. The second-order valence-electron chi connectivity index (χ2n) is 4.76. The highest BCUT2D eigenvalue weighted by Gasteiger charge is 2.16. The van der Waals surface area contributed by atoms with Crippen LogP contribution in [0.2, 0.25) is 0 Å². The molecule has 118 valence electrons. The summed E-state index contributed by atoms with van der Waals surface area (Å²) in [6.45, 7) is 3.24. The Morgan fingerprint density at radius 2 is 2.17 bits per heavy atom. The molecule has 23 heavy (non-hydrogen) atoms. The highest BCUT2D eigenvalue weighted by atomic mass is 32.1. The van der Waals surface area contributed by atoms with Gasteiger partial charge in [0.15, 0.2) is 0 Å². The maximum atomic E-state index is 12.1. The maximum absolute atomic E-state index is 12.1. The summed E-state index contributed by atoms with van der Waals surface area (Å²) in [6, 6.07) is 4.14. The summed E-state index contributed by atoms with van der Waals surface area (Å²) in [6.07, 6.45) is 1.01. The molecule has 0 fully saturated rings. The van der Waals surface area contributed by atoms with Crippen LogP contribution >= 0.6 is 11.3 Å². The van der Waals surface area contributed by atoms with E-state index in [9.17, 15) is 19.7 Å². The Morgan fingerprint density at radius 1 is 1.48 bits per heavy atom. The van der Waals surface area contributed by atoms with Crippen LogP contribution in [0.4, 0.5) is 10.7 Å². The molecule has 1 amide bonds. The highest BCUT2D eigenvalue weighted by Crippen LogP contribution is 2.31. The number of hydrogen-bond acceptors (Lipinski definition) is 6. The van der Waals surface area contributed by atoms with Gasteiger partial charge in [-0.05, 0) is 19.4 Å². The molecular formula is C14H12N4O4S. The SMILES string of the molecule is Cc1sc(NC(=O)Cn2cc([N+](=O)[O-])ccc2=O)c(C#N)c1C. The van der Waals surface area contributed by atoms with Crippen LogP contribution in [-0.2, 0) is 11.3 Å². The predicted octanol–water partition coefficient (Wildman–Crippen LogP) is 1.95. The molecule has 9 heteroatoms. The fraction of sp³-hybridized carbons (Fsp3) is 0.214. The molecule has 0 spiro atoms. The number of nitrogens with zero attached hydrogens (tertiary/aromatic N) is 3. The van der Waals surface area contributed by atoms with Crippen molar-refractivity contribution in [2.24, 2.45) is 0 Å². The maximum Gasteiger partial charge on any atom is 0.285 e. The number of amides is 1. The standard InChI is InChI=1S/C14H12N4O4S/c1-8-9(2)23-14(11(8)5-15)16-12(19)7-17-6-10(18(21)22)3-4-13(17)20/h3-4,6H,7H2,1-2H3,(H,16,19). The van der Waals surface area contributed by atoms with E-state index in [1.54, 1.807) is 6.92 Å². The van der Waals surface area contributed by atoms with E-state index in [4.69, 9.17) is 5.26 Å². The Labute approximate surface area is 134 Å². The van der Waals surface area contributed by atoms with E-state index in [1.807, 2.05) is 13.0 Å². The van der Waals surface area contributed by atoms with Gasteiger partial charge in [0.25, 0.3) is 11.2 Å². The third kappa shape index (κ3) is 3.44. The molecule has 0 radical (unpaired) electrons.